The fourth-order valence-corrected chi connectivity index (χ4v) is 6.62. The molecule has 4 heterocycles. The molecular formula is C33H33N5O5. The summed E-state index contributed by atoms with van der Waals surface area (Å²) in [6, 6.07) is 24.9. The van der Waals surface area contributed by atoms with E-state index in [1.54, 1.807) is 15.8 Å². The second-order valence-electron chi connectivity index (χ2n) is 11.5. The second kappa shape index (κ2) is 10.9. The molecule has 43 heavy (non-hydrogen) atoms. The zero-order valence-corrected chi connectivity index (χ0v) is 23.9. The minimum Gasteiger partial charge on any atom is -0.447 e. The van der Waals surface area contributed by atoms with Crippen molar-refractivity contribution in [1.29, 1.82) is 0 Å². The number of anilines is 2. The zero-order valence-electron chi connectivity index (χ0n) is 23.9. The number of benzene rings is 3. The van der Waals surface area contributed by atoms with Gasteiger partial charge in [-0.1, -0.05) is 72.8 Å². The monoisotopic (exact) mass is 579 g/mol. The summed E-state index contributed by atoms with van der Waals surface area (Å²) in [5, 5.41) is 19.1. The predicted molar refractivity (Wildman–Crippen MR) is 158 cm³/mol. The highest BCUT2D eigenvalue weighted by molar-refractivity contribution is 6.07. The Labute approximate surface area is 249 Å². The number of aromatic nitrogens is 3. The van der Waals surface area contributed by atoms with Crippen LogP contribution >= 0.6 is 0 Å². The number of aliphatic hydroxyl groups is 1. The van der Waals surface area contributed by atoms with Crippen molar-refractivity contribution in [3.05, 3.63) is 107 Å². The number of amides is 2. The van der Waals surface area contributed by atoms with Crippen LogP contribution in [0.4, 0.5) is 16.2 Å². The number of carbonyl (C=O) groups excluding carboxylic acids is 2. The standard InChI is InChI=1S/C33H33N5O5/c1-22-18-26(14-15-36-21-28(34-35-36)30(39)24-9-3-2-4-10-24)43-33(22)27-12-5-6-13-29(27)38(31(33)40)20-23-8-7-11-25(19-23)37-16-17-42-32(37)41/h2-13,19,21-22,26,30,39H,14-18,20H2,1H3/t22-,26+,30-,33+/m1/s1. The van der Waals surface area contributed by atoms with Crippen molar-refractivity contribution in [3.8, 4) is 0 Å². The number of hydrogen-bond donors (Lipinski definition) is 1. The number of nitrogens with zero attached hydrogens (tertiary/aromatic N) is 5. The van der Waals surface area contributed by atoms with Gasteiger partial charge in [-0.25, -0.2) is 4.79 Å². The van der Waals surface area contributed by atoms with Crippen LogP contribution in [0, 0.1) is 5.92 Å². The molecular weight excluding hydrogens is 546 g/mol. The highest BCUT2D eigenvalue weighted by Gasteiger charge is 2.59. The Morgan fingerprint density at radius 1 is 1.05 bits per heavy atom. The topological polar surface area (TPSA) is 110 Å². The summed E-state index contributed by atoms with van der Waals surface area (Å²) in [6.45, 7) is 3.87. The van der Waals surface area contributed by atoms with E-state index in [1.807, 2.05) is 83.8 Å². The van der Waals surface area contributed by atoms with Gasteiger partial charge in [-0.05, 0) is 42.2 Å². The summed E-state index contributed by atoms with van der Waals surface area (Å²) >= 11 is 0. The summed E-state index contributed by atoms with van der Waals surface area (Å²) in [5.74, 6) is -0.100. The number of carbonyl (C=O) groups is 2. The van der Waals surface area contributed by atoms with Crippen molar-refractivity contribution in [3.63, 3.8) is 0 Å². The van der Waals surface area contributed by atoms with Gasteiger partial charge in [0.05, 0.1) is 31.1 Å². The van der Waals surface area contributed by atoms with Gasteiger partial charge in [-0.3, -0.25) is 14.4 Å². The van der Waals surface area contributed by atoms with E-state index in [-0.39, 0.29) is 24.0 Å². The van der Waals surface area contributed by atoms with Crippen molar-refractivity contribution >= 4 is 23.4 Å². The first-order chi connectivity index (χ1) is 20.9. The first-order valence-corrected chi connectivity index (χ1v) is 14.7. The van der Waals surface area contributed by atoms with Gasteiger partial charge in [-0.2, -0.15) is 0 Å². The van der Waals surface area contributed by atoms with Crippen LogP contribution in [0.2, 0.25) is 0 Å². The van der Waals surface area contributed by atoms with Gasteiger partial charge in [0.25, 0.3) is 5.91 Å². The number of cyclic esters (lactones) is 1. The highest BCUT2D eigenvalue weighted by atomic mass is 16.6. The zero-order chi connectivity index (χ0) is 29.6. The molecule has 0 radical (unpaired) electrons. The van der Waals surface area contributed by atoms with Crippen molar-refractivity contribution in [2.24, 2.45) is 5.92 Å². The number of fused-ring (bicyclic) bond motifs is 2. The van der Waals surface area contributed by atoms with E-state index >= 15 is 0 Å². The van der Waals surface area contributed by atoms with Crippen LogP contribution in [-0.4, -0.2) is 51.4 Å². The van der Waals surface area contributed by atoms with E-state index in [0.717, 1.165) is 34.5 Å². The number of aryl methyl sites for hydroxylation is 1. The molecule has 1 aromatic heterocycles. The van der Waals surface area contributed by atoms with Gasteiger partial charge in [0.1, 0.15) is 18.4 Å². The molecule has 4 aromatic rings. The predicted octanol–water partition coefficient (Wildman–Crippen LogP) is 4.57. The van der Waals surface area contributed by atoms with Gasteiger partial charge < -0.3 is 19.5 Å². The summed E-state index contributed by atoms with van der Waals surface area (Å²) in [5.41, 5.74) is 3.61. The fraction of sp³-hybridized carbons (Fsp3) is 0.333. The molecule has 4 atom stereocenters. The molecule has 1 spiro atoms. The molecule has 2 saturated heterocycles. The van der Waals surface area contributed by atoms with E-state index in [1.165, 1.54) is 0 Å². The lowest BCUT2D eigenvalue weighted by Crippen LogP contribution is -2.43. The van der Waals surface area contributed by atoms with Crippen LogP contribution in [0.3, 0.4) is 0 Å². The van der Waals surface area contributed by atoms with Crippen molar-refractivity contribution in [2.75, 3.05) is 23.0 Å². The number of ether oxygens (including phenoxy) is 2. The number of hydrogen-bond acceptors (Lipinski definition) is 7. The maximum absolute atomic E-state index is 14.3. The molecule has 3 aliphatic heterocycles. The largest absolute Gasteiger partial charge is 0.447 e. The molecule has 1 N–H and O–H groups in total. The van der Waals surface area contributed by atoms with E-state index < -0.39 is 11.7 Å². The first kappa shape index (κ1) is 27.3. The Bertz CT molecular complexity index is 1660. The average molecular weight is 580 g/mol. The van der Waals surface area contributed by atoms with Crippen molar-refractivity contribution < 1.29 is 24.2 Å². The molecule has 220 valence electrons. The van der Waals surface area contributed by atoms with Gasteiger partial charge in [-0.15, -0.1) is 5.10 Å². The molecule has 0 aliphatic carbocycles. The summed E-state index contributed by atoms with van der Waals surface area (Å²) in [7, 11) is 0. The third-order valence-corrected chi connectivity index (χ3v) is 8.78. The van der Waals surface area contributed by atoms with Crippen molar-refractivity contribution in [2.45, 2.75) is 50.7 Å². The van der Waals surface area contributed by atoms with Gasteiger partial charge >= 0.3 is 6.09 Å². The number of para-hydroxylation sites is 1. The molecule has 3 aromatic carbocycles. The summed E-state index contributed by atoms with van der Waals surface area (Å²) in [4.78, 5) is 29.8. The minimum absolute atomic E-state index is 0.0342. The third kappa shape index (κ3) is 4.76. The van der Waals surface area contributed by atoms with Crippen LogP contribution in [0.25, 0.3) is 0 Å². The molecule has 0 saturated carbocycles. The highest BCUT2D eigenvalue weighted by Crippen LogP contribution is 2.53. The first-order valence-electron chi connectivity index (χ1n) is 14.7. The Morgan fingerprint density at radius 3 is 2.67 bits per heavy atom. The van der Waals surface area contributed by atoms with E-state index in [9.17, 15) is 14.7 Å². The Hall–Kier alpha value is -4.54. The van der Waals surface area contributed by atoms with Crippen molar-refractivity contribution in [1.82, 2.24) is 15.0 Å². The smallest absolute Gasteiger partial charge is 0.414 e. The molecule has 7 rings (SSSR count). The molecule has 3 aliphatic rings. The molecule has 0 bridgehead atoms. The fourth-order valence-electron chi connectivity index (χ4n) is 6.62. The Morgan fingerprint density at radius 2 is 1.86 bits per heavy atom. The lowest BCUT2D eigenvalue weighted by molar-refractivity contribution is -0.146. The summed E-state index contributed by atoms with van der Waals surface area (Å²) < 4.78 is 13.6. The minimum atomic E-state index is -1.06. The molecule has 0 unspecified atom stereocenters. The lowest BCUT2D eigenvalue weighted by Gasteiger charge is -2.28. The maximum Gasteiger partial charge on any atom is 0.414 e. The van der Waals surface area contributed by atoms with Crippen LogP contribution in [-0.2, 0) is 33.0 Å². The maximum atomic E-state index is 14.3. The SMILES string of the molecule is C[C@@H]1C[C@H](CCn2cc([C@H](O)c3ccccc3)nn2)O[C@@]12C(=O)N(Cc1cccc(N3CCOC3=O)c1)c1ccccc12. The second-order valence-corrected chi connectivity index (χ2v) is 11.5. The van der Waals surface area contributed by atoms with Gasteiger partial charge in [0.2, 0.25) is 0 Å². The molecule has 2 fully saturated rings. The quantitative estimate of drug-likeness (QED) is 0.326. The van der Waals surface area contributed by atoms with Crippen LogP contribution in [0.15, 0.2) is 85.1 Å². The third-order valence-electron chi connectivity index (χ3n) is 8.78. The average Bonchev–Trinajstić information content (AvgIpc) is 3.81. The van der Waals surface area contributed by atoms with Crippen LogP contribution in [0.1, 0.15) is 48.3 Å². The van der Waals surface area contributed by atoms with Gasteiger partial charge in [0.15, 0.2) is 5.60 Å². The summed E-state index contributed by atoms with van der Waals surface area (Å²) in [6.07, 6.45) is 1.80. The number of aliphatic hydroxyl groups excluding tert-OH is 1. The van der Waals surface area contributed by atoms with Gasteiger partial charge in [0, 0.05) is 23.7 Å². The molecule has 10 heteroatoms. The molecule has 2 amide bonds. The Kier molecular flexibility index (Phi) is 6.95. The Balaban J connectivity index is 1.07. The molecule has 10 nitrogen and oxygen atoms in total. The lowest BCUT2D eigenvalue weighted by atomic mass is 9.83. The van der Waals surface area contributed by atoms with Crippen LogP contribution < -0.4 is 9.80 Å². The number of rotatable bonds is 8. The van der Waals surface area contributed by atoms with E-state index in [2.05, 4.69) is 17.2 Å². The van der Waals surface area contributed by atoms with E-state index in [0.29, 0.717) is 38.4 Å². The van der Waals surface area contributed by atoms with Crippen LogP contribution in [0.5, 0.6) is 0 Å². The normalized spacial score (nSPS) is 23.7. The van der Waals surface area contributed by atoms with E-state index in [4.69, 9.17) is 9.47 Å².